The molecule has 3 N–H and O–H groups in total. The van der Waals surface area contributed by atoms with Gasteiger partial charge in [0.2, 0.25) is 5.56 Å². The van der Waals surface area contributed by atoms with Gasteiger partial charge in [0.25, 0.3) is 0 Å². The number of allylic oxidation sites excluding steroid dienone is 1. The van der Waals surface area contributed by atoms with Gasteiger partial charge in [0.15, 0.2) is 0 Å². The van der Waals surface area contributed by atoms with Gasteiger partial charge in [0.05, 0.1) is 36.3 Å². The normalized spacial score (nSPS) is 15.6. The number of ether oxygens (including phenoxy) is 2. The summed E-state index contributed by atoms with van der Waals surface area (Å²) in [7, 11) is 0. The largest absolute Gasteiger partial charge is 0.463 e. The number of esters is 2. The van der Waals surface area contributed by atoms with Gasteiger partial charge in [-0.3, -0.25) is 9.69 Å². The van der Waals surface area contributed by atoms with E-state index in [0.717, 1.165) is 0 Å². The number of pyridine rings is 1. The molecule has 1 unspecified atom stereocenters. The molecule has 0 bridgehead atoms. The van der Waals surface area contributed by atoms with E-state index < -0.39 is 23.4 Å². The van der Waals surface area contributed by atoms with E-state index in [-0.39, 0.29) is 35.9 Å². The smallest absolute Gasteiger partial charge is 0.355 e. The number of H-pyrrole nitrogens is 1. The number of fused-ring (bicyclic) bond motifs is 1. The molecule has 0 fully saturated rings. The molecule has 1 atom stereocenters. The first-order chi connectivity index (χ1) is 17.4. The zero-order chi connectivity index (χ0) is 25.8. The van der Waals surface area contributed by atoms with E-state index in [0.29, 0.717) is 22.2 Å². The van der Waals surface area contributed by atoms with Crippen LogP contribution in [0.25, 0.3) is 10.9 Å². The first-order valence-corrected chi connectivity index (χ1v) is 11.4. The number of benzene rings is 2. The van der Waals surface area contributed by atoms with Crippen LogP contribution in [0.2, 0.25) is 0 Å². The van der Waals surface area contributed by atoms with E-state index in [2.05, 4.69) is 11.1 Å². The van der Waals surface area contributed by atoms with Gasteiger partial charge in [-0.2, -0.15) is 5.26 Å². The van der Waals surface area contributed by atoms with E-state index in [9.17, 15) is 19.6 Å². The number of rotatable bonds is 6. The molecular weight excluding hydrogens is 460 g/mol. The van der Waals surface area contributed by atoms with Crippen molar-refractivity contribution in [1.82, 2.24) is 4.98 Å². The molecule has 2 aromatic carbocycles. The Morgan fingerprint density at radius 3 is 2.33 bits per heavy atom. The van der Waals surface area contributed by atoms with E-state index in [1.54, 1.807) is 68.4 Å². The fraction of sp³-hybridized carbons (Fsp3) is 0.185. The summed E-state index contributed by atoms with van der Waals surface area (Å²) in [5, 5.41) is 10.8. The molecule has 182 valence electrons. The van der Waals surface area contributed by atoms with Gasteiger partial charge in [-0.05, 0) is 37.6 Å². The summed E-state index contributed by atoms with van der Waals surface area (Å²) in [4.78, 5) is 43.6. The lowest BCUT2D eigenvalue weighted by Gasteiger charge is -2.36. The molecule has 9 nitrogen and oxygen atoms in total. The van der Waals surface area contributed by atoms with Crippen molar-refractivity contribution in [3.8, 4) is 6.07 Å². The van der Waals surface area contributed by atoms with Gasteiger partial charge >= 0.3 is 11.9 Å². The average molecular weight is 485 g/mol. The zero-order valence-electron chi connectivity index (χ0n) is 19.8. The van der Waals surface area contributed by atoms with Crippen LogP contribution in [0.15, 0.2) is 88.1 Å². The fourth-order valence-electron chi connectivity index (χ4n) is 4.36. The molecule has 4 rings (SSSR count). The molecule has 1 aromatic heterocycles. The van der Waals surface area contributed by atoms with Gasteiger partial charge < -0.3 is 20.2 Å². The molecule has 0 radical (unpaired) electrons. The molecule has 0 aliphatic carbocycles. The maximum atomic E-state index is 13.5. The van der Waals surface area contributed by atoms with Gasteiger partial charge in [-0.15, -0.1) is 0 Å². The van der Waals surface area contributed by atoms with Gasteiger partial charge in [-0.25, -0.2) is 9.59 Å². The van der Waals surface area contributed by atoms with Crippen LogP contribution in [0, 0.1) is 11.3 Å². The van der Waals surface area contributed by atoms with Gasteiger partial charge in [-0.1, -0.05) is 36.4 Å². The second-order valence-electron chi connectivity index (χ2n) is 7.85. The van der Waals surface area contributed by atoms with Crippen LogP contribution < -0.4 is 16.2 Å². The number of nitrogens with two attached hydrogens (primary N) is 1. The molecule has 1 aliphatic heterocycles. The van der Waals surface area contributed by atoms with Crippen molar-refractivity contribution in [2.24, 2.45) is 5.73 Å². The van der Waals surface area contributed by atoms with Crippen LogP contribution in [0.3, 0.4) is 0 Å². The molecule has 36 heavy (non-hydrogen) atoms. The number of hydrogen-bond acceptors (Lipinski definition) is 8. The molecule has 0 saturated carbocycles. The van der Waals surface area contributed by atoms with Crippen molar-refractivity contribution < 1.29 is 19.1 Å². The maximum absolute atomic E-state index is 13.5. The van der Waals surface area contributed by atoms with Gasteiger partial charge in [0.1, 0.15) is 11.5 Å². The van der Waals surface area contributed by atoms with Crippen molar-refractivity contribution in [2.45, 2.75) is 19.8 Å². The summed E-state index contributed by atoms with van der Waals surface area (Å²) in [5.74, 6) is -2.85. The summed E-state index contributed by atoms with van der Waals surface area (Å²) in [6.07, 6.45) is 0. The average Bonchev–Trinajstić information content (AvgIpc) is 2.88. The van der Waals surface area contributed by atoms with E-state index in [1.165, 1.54) is 11.0 Å². The Balaban J connectivity index is 2.15. The SMILES string of the molecule is CCOC(=O)C1=C(C(=O)OCC)N(c2ccccc2)C(N)=C(C#N)C1c1cc(=O)[nH]c2ccccc12. The fourth-order valence-corrected chi connectivity index (χ4v) is 4.36. The third-order valence-corrected chi connectivity index (χ3v) is 5.77. The number of carbonyl (C=O) groups excluding carboxylic acids is 2. The van der Waals surface area contributed by atoms with Gasteiger partial charge in [0, 0.05) is 22.7 Å². The molecule has 9 heteroatoms. The highest BCUT2D eigenvalue weighted by atomic mass is 16.5. The summed E-state index contributed by atoms with van der Waals surface area (Å²) in [6.45, 7) is 3.33. The lowest BCUT2D eigenvalue weighted by Crippen LogP contribution is -2.41. The summed E-state index contributed by atoms with van der Waals surface area (Å²) in [5.41, 5.74) is 7.07. The minimum Gasteiger partial charge on any atom is -0.463 e. The minimum atomic E-state index is -1.15. The molecule has 2 heterocycles. The Hall–Kier alpha value is -4.84. The second kappa shape index (κ2) is 10.2. The zero-order valence-corrected chi connectivity index (χ0v) is 19.8. The number of carbonyl (C=O) groups is 2. The molecule has 3 aromatic rings. The Labute approximate surface area is 207 Å². The van der Waals surface area contributed by atoms with Crippen molar-refractivity contribution in [3.05, 3.63) is 99.2 Å². The van der Waals surface area contributed by atoms with Crippen LogP contribution in [0.5, 0.6) is 0 Å². The van der Waals surface area contributed by atoms with Crippen LogP contribution in [-0.4, -0.2) is 30.1 Å². The highest BCUT2D eigenvalue weighted by Crippen LogP contribution is 2.44. The summed E-state index contributed by atoms with van der Waals surface area (Å²) in [6, 6.07) is 19.0. The lowest BCUT2D eigenvalue weighted by atomic mass is 9.79. The molecule has 0 saturated heterocycles. The number of anilines is 1. The van der Waals surface area contributed by atoms with Crippen LogP contribution >= 0.6 is 0 Å². The Morgan fingerprint density at radius 1 is 1.03 bits per heavy atom. The third-order valence-electron chi connectivity index (χ3n) is 5.77. The van der Waals surface area contributed by atoms with Crippen LogP contribution in [-0.2, 0) is 19.1 Å². The number of nitrogens with one attached hydrogen (secondary N) is 1. The molecule has 1 aliphatic rings. The molecule has 0 spiro atoms. The number of aromatic nitrogens is 1. The van der Waals surface area contributed by atoms with Crippen LogP contribution in [0.1, 0.15) is 25.3 Å². The number of aromatic amines is 1. The first-order valence-electron chi connectivity index (χ1n) is 11.4. The summed E-state index contributed by atoms with van der Waals surface area (Å²) >= 11 is 0. The van der Waals surface area contributed by atoms with Crippen molar-refractivity contribution in [3.63, 3.8) is 0 Å². The molecular formula is C27H24N4O5. The monoisotopic (exact) mass is 484 g/mol. The highest BCUT2D eigenvalue weighted by molar-refractivity contribution is 6.07. The molecule has 0 amide bonds. The number of nitriles is 1. The van der Waals surface area contributed by atoms with Crippen molar-refractivity contribution in [1.29, 1.82) is 5.26 Å². The maximum Gasteiger partial charge on any atom is 0.355 e. The summed E-state index contributed by atoms with van der Waals surface area (Å²) < 4.78 is 10.7. The second-order valence-corrected chi connectivity index (χ2v) is 7.85. The standard InChI is InChI=1S/C27H24N4O5/c1-3-35-26(33)23-22(18-14-21(32)30-20-13-9-8-12-17(18)20)19(15-28)25(29)31(16-10-6-5-7-11-16)24(23)27(34)36-4-2/h5-14,22H,3-4,29H2,1-2H3,(H,30,32). The Kier molecular flexibility index (Phi) is 6.88. The number of para-hydroxylation sites is 2. The van der Waals surface area contributed by atoms with Crippen molar-refractivity contribution in [2.75, 3.05) is 18.1 Å². The highest BCUT2D eigenvalue weighted by Gasteiger charge is 2.43. The number of nitrogens with zero attached hydrogens (tertiary/aromatic N) is 2. The third kappa shape index (κ3) is 4.20. The predicted molar refractivity (Wildman–Crippen MR) is 133 cm³/mol. The lowest BCUT2D eigenvalue weighted by molar-refractivity contribution is -0.142. The number of hydrogen-bond donors (Lipinski definition) is 2. The van der Waals surface area contributed by atoms with E-state index in [4.69, 9.17) is 15.2 Å². The Morgan fingerprint density at radius 2 is 1.67 bits per heavy atom. The van der Waals surface area contributed by atoms with Crippen LogP contribution in [0.4, 0.5) is 5.69 Å². The van der Waals surface area contributed by atoms with E-state index in [1.807, 2.05) is 0 Å². The first kappa shape index (κ1) is 24.3. The van der Waals surface area contributed by atoms with Crippen molar-refractivity contribution >= 4 is 28.5 Å². The topological polar surface area (TPSA) is 139 Å². The quantitative estimate of drug-likeness (QED) is 0.509. The Bertz CT molecular complexity index is 1500. The van der Waals surface area contributed by atoms with E-state index >= 15 is 0 Å². The predicted octanol–water partition coefficient (Wildman–Crippen LogP) is 3.21. The minimum absolute atomic E-state index is 0.00860.